The highest BCUT2D eigenvalue weighted by Gasteiger charge is 2.36. The van der Waals surface area contributed by atoms with Gasteiger partial charge < -0.3 is 14.7 Å². The number of benzene rings is 1. The molecule has 1 fully saturated rings. The number of carbonyl (C=O) groups is 1. The van der Waals surface area contributed by atoms with Crippen LogP contribution in [-0.4, -0.2) is 62.6 Å². The number of aliphatic hydroxyl groups excluding tert-OH is 1. The Balaban J connectivity index is 1.38. The quantitative estimate of drug-likeness (QED) is 0.703. The summed E-state index contributed by atoms with van der Waals surface area (Å²) in [5.41, 5.74) is 5.66. The lowest BCUT2D eigenvalue weighted by atomic mass is 9.95. The number of hydrogen-bond acceptors (Lipinski definition) is 5. The fraction of sp³-hybridized carbons (Fsp3) is 0.375. The standard InChI is InChI=1S/C24H26N4O3/c1-16-18(13-17-3-5-19(6-4-17)28-10-2-9-25-28)14-20-21(26-16)7-11-27(24(20)30)22-15-31-12-8-23(22)29/h2-6,9-10,14,22-23,29H,7-8,11-13,15H2,1H3. The number of carbonyl (C=O) groups excluding carboxylic acids is 1. The minimum Gasteiger partial charge on any atom is -0.391 e. The van der Waals surface area contributed by atoms with Gasteiger partial charge in [-0.1, -0.05) is 12.1 Å². The van der Waals surface area contributed by atoms with E-state index in [1.807, 2.05) is 42.1 Å². The maximum Gasteiger partial charge on any atom is 0.256 e. The Morgan fingerprint density at radius 1 is 1.26 bits per heavy atom. The maximum atomic E-state index is 13.3. The lowest BCUT2D eigenvalue weighted by Gasteiger charge is -2.39. The SMILES string of the molecule is Cc1nc2c(cc1Cc1ccc(-n3cccn3)cc1)C(=O)N(C1COCCC1O)CC2. The van der Waals surface area contributed by atoms with Gasteiger partial charge >= 0.3 is 0 Å². The molecular weight excluding hydrogens is 392 g/mol. The summed E-state index contributed by atoms with van der Waals surface area (Å²) in [4.78, 5) is 19.8. The molecular formula is C24H26N4O3. The van der Waals surface area contributed by atoms with Crippen molar-refractivity contribution in [2.24, 2.45) is 0 Å². The van der Waals surface area contributed by atoms with E-state index in [0.29, 0.717) is 44.6 Å². The van der Waals surface area contributed by atoms with E-state index < -0.39 is 6.10 Å². The van der Waals surface area contributed by atoms with Crippen molar-refractivity contribution < 1.29 is 14.6 Å². The number of fused-ring (bicyclic) bond motifs is 1. The average Bonchev–Trinajstić information content (AvgIpc) is 3.31. The van der Waals surface area contributed by atoms with Crippen LogP contribution in [0.25, 0.3) is 5.69 Å². The molecule has 4 heterocycles. The predicted molar refractivity (Wildman–Crippen MR) is 115 cm³/mol. The molecule has 2 atom stereocenters. The third-order valence-electron chi connectivity index (χ3n) is 6.27. The second kappa shape index (κ2) is 8.24. The number of nitrogens with zero attached hydrogens (tertiary/aromatic N) is 4. The van der Waals surface area contributed by atoms with Crippen molar-refractivity contribution in [1.29, 1.82) is 0 Å². The molecule has 2 aromatic heterocycles. The zero-order chi connectivity index (χ0) is 21.4. The van der Waals surface area contributed by atoms with Crippen molar-refractivity contribution >= 4 is 5.91 Å². The first-order valence-electron chi connectivity index (χ1n) is 10.8. The molecule has 0 saturated carbocycles. The van der Waals surface area contributed by atoms with Crippen LogP contribution >= 0.6 is 0 Å². The van der Waals surface area contributed by atoms with E-state index in [2.05, 4.69) is 17.2 Å². The fourth-order valence-corrected chi connectivity index (χ4v) is 4.47. The van der Waals surface area contributed by atoms with Crippen molar-refractivity contribution in [2.75, 3.05) is 19.8 Å². The monoisotopic (exact) mass is 418 g/mol. The first kappa shape index (κ1) is 19.9. The second-order valence-electron chi connectivity index (χ2n) is 8.27. The zero-order valence-electron chi connectivity index (χ0n) is 17.6. The average molecular weight is 418 g/mol. The minimum atomic E-state index is -0.537. The van der Waals surface area contributed by atoms with Gasteiger partial charge in [-0.3, -0.25) is 9.78 Å². The van der Waals surface area contributed by atoms with Gasteiger partial charge in [0.15, 0.2) is 0 Å². The summed E-state index contributed by atoms with van der Waals surface area (Å²) in [6.45, 7) is 3.50. The summed E-state index contributed by atoms with van der Waals surface area (Å²) in [5, 5.41) is 14.6. The van der Waals surface area contributed by atoms with E-state index in [1.165, 1.54) is 0 Å². The Hall–Kier alpha value is -3.03. The van der Waals surface area contributed by atoms with Crippen LogP contribution < -0.4 is 0 Å². The van der Waals surface area contributed by atoms with Gasteiger partial charge in [-0.05, 0) is 55.2 Å². The molecule has 1 saturated heterocycles. The van der Waals surface area contributed by atoms with Crippen LogP contribution in [0, 0.1) is 6.92 Å². The smallest absolute Gasteiger partial charge is 0.256 e. The number of amides is 1. The molecule has 2 aliphatic heterocycles. The number of aliphatic hydroxyl groups is 1. The second-order valence-corrected chi connectivity index (χ2v) is 8.27. The number of hydrogen-bond donors (Lipinski definition) is 1. The highest BCUT2D eigenvalue weighted by molar-refractivity contribution is 5.96. The lowest BCUT2D eigenvalue weighted by Crippen LogP contribution is -2.54. The molecule has 7 nitrogen and oxygen atoms in total. The summed E-state index contributed by atoms with van der Waals surface area (Å²) in [6.07, 6.45) is 5.10. The molecule has 2 unspecified atom stereocenters. The van der Waals surface area contributed by atoms with Gasteiger partial charge in [0.05, 0.1) is 35.7 Å². The van der Waals surface area contributed by atoms with Gasteiger partial charge in [0.2, 0.25) is 0 Å². The first-order chi connectivity index (χ1) is 15.1. The molecule has 5 rings (SSSR count). The van der Waals surface area contributed by atoms with Crippen LogP contribution in [0.4, 0.5) is 0 Å². The predicted octanol–water partition coefficient (Wildman–Crippen LogP) is 2.31. The molecule has 1 N–H and O–H groups in total. The highest BCUT2D eigenvalue weighted by atomic mass is 16.5. The third-order valence-corrected chi connectivity index (χ3v) is 6.27. The lowest BCUT2D eigenvalue weighted by molar-refractivity contribution is -0.0537. The molecule has 1 aromatic carbocycles. The third kappa shape index (κ3) is 3.86. The van der Waals surface area contributed by atoms with E-state index in [1.54, 1.807) is 11.1 Å². The molecule has 3 aromatic rings. The highest BCUT2D eigenvalue weighted by Crippen LogP contribution is 2.26. The Bertz CT molecular complexity index is 1080. The van der Waals surface area contributed by atoms with Gasteiger partial charge in [0.25, 0.3) is 5.91 Å². The summed E-state index contributed by atoms with van der Waals surface area (Å²) in [7, 11) is 0. The number of aromatic nitrogens is 3. The molecule has 0 radical (unpaired) electrons. The summed E-state index contributed by atoms with van der Waals surface area (Å²) < 4.78 is 7.35. The zero-order valence-corrected chi connectivity index (χ0v) is 17.6. The van der Waals surface area contributed by atoms with Crippen LogP contribution in [0.3, 0.4) is 0 Å². The Kier molecular flexibility index (Phi) is 5.29. The molecule has 31 heavy (non-hydrogen) atoms. The number of rotatable bonds is 4. The topological polar surface area (TPSA) is 80.5 Å². The van der Waals surface area contributed by atoms with E-state index >= 15 is 0 Å². The molecule has 0 spiro atoms. The van der Waals surface area contributed by atoms with Crippen molar-refractivity contribution in [2.45, 2.75) is 38.3 Å². The van der Waals surface area contributed by atoms with Gasteiger partial charge in [-0.25, -0.2) is 4.68 Å². The fourth-order valence-electron chi connectivity index (χ4n) is 4.47. The van der Waals surface area contributed by atoms with Crippen LogP contribution in [0.1, 0.15) is 39.3 Å². The Morgan fingerprint density at radius 3 is 2.84 bits per heavy atom. The van der Waals surface area contributed by atoms with Crippen molar-refractivity contribution in [3.63, 3.8) is 0 Å². The van der Waals surface area contributed by atoms with Crippen molar-refractivity contribution in [3.05, 3.63) is 76.9 Å². The van der Waals surface area contributed by atoms with Crippen molar-refractivity contribution in [1.82, 2.24) is 19.7 Å². The number of pyridine rings is 1. The molecule has 7 heteroatoms. The van der Waals surface area contributed by atoms with Crippen LogP contribution in [0.5, 0.6) is 0 Å². The van der Waals surface area contributed by atoms with Crippen molar-refractivity contribution in [3.8, 4) is 5.69 Å². The van der Waals surface area contributed by atoms with Gasteiger partial charge in [0.1, 0.15) is 0 Å². The van der Waals surface area contributed by atoms with E-state index in [-0.39, 0.29) is 11.9 Å². The van der Waals surface area contributed by atoms with E-state index in [0.717, 1.165) is 28.2 Å². The van der Waals surface area contributed by atoms with Gasteiger partial charge in [0, 0.05) is 37.7 Å². The van der Waals surface area contributed by atoms with Gasteiger partial charge in [-0.15, -0.1) is 0 Å². The van der Waals surface area contributed by atoms with E-state index in [9.17, 15) is 9.90 Å². The summed E-state index contributed by atoms with van der Waals surface area (Å²) >= 11 is 0. The Morgan fingerprint density at radius 2 is 2.10 bits per heavy atom. The number of ether oxygens (including phenoxy) is 1. The maximum absolute atomic E-state index is 13.3. The summed E-state index contributed by atoms with van der Waals surface area (Å²) in [5.74, 6) is -0.0569. The van der Waals surface area contributed by atoms with Crippen LogP contribution in [0.15, 0.2) is 48.8 Å². The molecule has 160 valence electrons. The minimum absolute atomic E-state index is 0.0569. The normalized spacial score (nSPS) is 21.2. The molecule has 0 bridgehead atoms. The molecule has 0 aliphatic carbocycles. The molecule has 2 aliphatic rings. The summed E-state index contributed by atoms with van der Waals surface area (Å²) in [6, 6.07) is 11.9. The van der Waals surface area contributed by atoms with Gasteiger partial charge in [-0.2, -0.15) is 5.10 Å². The van der Waals surface area contributed by atoms with Crippen LogP contribution in [0.2, 0.25) is 0 Å². The first-order valence-corrected chi connectivity index (χ1v) is 10.8. The van der Waals surface area contributed by atoms with Crippen LogP contribution in [-0.2, 0) is 17.6 Å². The largest absolute Gasteiger partial charge is 0.391 e. The molecule has 1 amide bonds. The van der Waals surface area contributed by atoms with E-state index in [4.69, 9.17) is 9.72 Å². The number of aryl methyl sites for hydroxylation is 1. The Labute approximate surface area is 181 Å².